The molecule has 4 heterocycles. The largest absolute Gasteiger partial charge is 0.459 e. The number of Topliss-reactive ketones (excluding diaryl/α,β-unsaturated/α-hetero) is 1. The number of H-pyrrole nitrogens is 1. The fourth-order valence-corrected chi connectivity index (χ4v) is 4.13. The first-order valence-electron chi connectivity index (χ1n) is 10.7. The zero-order valence-corrected chi connectivity index (χ0v) is 18.2. The van der Waals surface area contributed by atoms with Crippen molar-refractivity contribution < 1.29 is 23.5 Å². The van der Waals surface area contributed by atoms with E-state index in [0.29, 0.717) is 30.7 Å². The maximum atomic E-state index is 13.8. The highest BCUT2D eigenvalue weighted by Crippen LogP contribution is 2.34. The Morgan fingerprint density at radius 2 is 2.15 bits per heavy atom. The number of carbonyl (C=O) groups excluding carboxylic acids is 2. The van der Waals surface area contributed by atoms with Crippen LogP contribution in [0, 0.1) is 5.82 Å². The van der Waals surface area contributed by atoms with Crippen molar-refractivity contribution in [3.05, 3.63) is 82.4 Å². The number of rotatable bonds is 4. The Morgan fingerprint density at radius 3 is 2.97 bits per heavy atom. The molecule has 3 aromatic rings. The molecule has 0 saturated carbocycles. The minimum atomic E-state index is -0.737. The van der Waals surface area contributed by atoms with Crippen molar-refractivity contribution in [2.45, 2.75) is 32.9 Å². The lowest BCUT2D eigenvalue weighted by Crippen LogP contribution is -2.32. The number of nitrogens with one attached hydrogen (secondary N) is 1. The molecule has 2 aliphatic heterocycles. The summed E-state index contributed by atoms with van der Waals surface area (Å²) in [6.07, 6.45) is 5.23. The standard InChI is InChI=1S/C25H22FN3O4/c1-14(2)32-25(31)21-22(30)20(11-16-12-28-23-19(16)4-3-8-27-23)33-24(21)29-9-7-15-5-6-18(26)10-17(15)13-29/h3-6,8,10-12,14H,7,9,13H2,1-2H3,(H,27,28)/b20-11-. The molecule has 33 heavy (non-hydrogen) atoms. The molecule has 0 saturated heterocycles. The van der Waals surface area contributed by atoms with E-state index in [-0.39, 0.29) is 23.0 Å². The van der Waals surface area contributed by atoms with Crippen LogP contribution >= 0.6 is 0 Å². The number of pyridine rings is 1. The number of nitrogens with zero attached hydrogens (tertiary/aromatic N) is 2. The number of hydrogen-bond acceptors (Lipinski definition) is 6. The number of carbonyl (C=O) groups is 2. The van der Waals surface area contributed by atoms with Gasteiger partial charge in [0.1, 0.15) is 11.5 Å². The van der Waals surface area contributed by atoms with Gasteiger partial charge in [-0.2, -0.15) is 0 Å². The summed E-state index contributed by atoms with van der Waals surface area (Å²) in [6, 6.07) is 8.35. The minimum Gasteiger partial charge on any atom is -0.459 e. The van der Waals surface area contributed by atoms with E-state index in [1.807, 2.05) is 6.07 Å². The molecule has 5 rings (SSSR count). The van der Waals surface area contributed by atoms with Crippen LogP contribution in [0.3, 0.4) is 0 Å². The van der Waals surface area contributed by atoms with Crippen LogP contribution in [-0.2, 0) is 32.0 Å². The van der Waals surface area contributed by atoms with Crippen LogP contribution in [0.15, 0.2) is 59.9 Å². The molecule has 0 amide bonds. The molecule has 0 unspecified atom stereocenters. The summed E-state index contributed by atoms with van der Waals surface area (Å²) in [5.74, 6) is -1.45. The quantitative estimate of drug-likeness (QED) is 0.371. The fraction of sp³-hybridized carbons (Fsp3) is 0.240. The van der Waals surface area contributed by atoms with Crippen molar-refractivity contribution in [2.75, 3.05) is 6.54 Å². The Hall–Kier alpha value is -3.94. The lowest BCUT2D eigenvalue weighted by molar-refractivity contribution is -0.143. The number of fused-ring (bicyclic) bond motifs is 2. The molecule has 2 aliphatic rings. The minimum absolute atomic E-state index is 0.0236. The molecular formula is C25H22FN3O4. The first-order valence-corrected chi connectivity index (χ1v) is 10.7. The summed E-state index contributed by atoms with van der Waals surface area (Å²) < 4.78 is 25.1. The Morgan fingerprint density at radius 1 is 1.30 bits per heavy atom. The monoisotopic (exact) mass is 447 g/mol. The van der Waals surface area contributed by atoms with Crippen LogP contribution in [0.4, 0.5) is 4.39 Å². The maximum Gasteiger partial charge on any atom is 0.348 e. The Bertz CT molecular complexity index is 1340. The highest BCUT2D eigenvalue weighted by atomic mass is 19.1. The van der Waals surface area contributed by atoms with Gasteiger partial charge in [0.2, 0.25) is 11.7 Å². The predicted molar refractivity (Wildman–Crippen MR) is 119 cm³/mol. The van der Waals surface area contributed by atoms with Gasteiger partial charge in [-0.3, -0.25) is 4.79 Å². The van der Waals surface area contributed by atoms with Gasteiger partial charge < -0.3 is 19.4 Å². The summed E-state index contributed by atoms with van der Waals surface area (Å²) in [7, 11) is 0. The topological polar surface area (TPSA) is 84.5 Å². The van der Waals surface area contributed by atoms with E-state index < -0.39 is 17.9 Å². The summed E-state index contributed by atoms with van der Waals surface area (Å²) in [5, 5.41) is 0.823. The molecule has 0 spiro atoms. The summed E-state index contributed by atoms with van der Waals surface area (Å²) in [5.41, 5.74) is 3.07. The lowest BCUT2D eigenvalue weighted by atomic mass is 9.99. The zero-order chi connectivity index (χ0) is 23.1. The molecule has 1 aromatic carbocycles. The third kappa shape index (κ3) is 3.88. The van der Waals surface area contributed by atoms with Crippen LogP contribution in [0.2, 0.25) is 0 Å². The first kappa shape index (κ1) is 20.9. The Kier molecular flexibility index (Phi) is 5.20. The number of halogens is 1. The van der Waals surface area contributed by atoms with E-state index in [4.69, 9.17) is 9.47 Å². The molecule has 2 aromatic heterocycles. The zero-order valence-electron chi connectivity index (χ0n) is 18.2. The average molecular weight is 447 g/mol. The second-order valence-corrected chi connectivity index (χ2v) is 8.30. The number of hydrogen-bond donors (Lipinski definition) is 1. The summed E-state index contributed by atoms with van der Waals surface area (Å²) in [6.45, 7) is 4.27. The third-order valence-corrected chi connectivity index (χ3v) is 5.66. The Labute approximate surface area is 189 Å². The van der Waals surface area contributed by atoms with Crippen molar-refractivity contribution >= 4 is 28.9 Å². The van der Waals surface area contributed by atoms with E-state index in [1.165, 1.54) is 12.1 Å². The second-order valence-electron chi connectivity index (χ2n) is 8.30. The maximum absolute atomic E-state index is 13.8. The number of benzene rings is 1. The van der Waals surface area contributed by atoms with Crippen molar-refractivity contribution in [1.82, 2.24) is 14.9 Å². The van der Waals surface area contributed by atoms with Gasteiger partial charge in [0.05, 0.1) is 6.10 Å². The van der Waals surface area contributed by atoms with E-state index in [9.17, 15) is 14.0 Å². The van der Waals surface area contributed by atoms with E-state index >= 15 is 0 Å². The second kappa shape index (κ2) is 8.20. The van der Waals surface area contributed by atoms with Gasteiger partial charge in [0, 0.05) is 36.4 Å². The molecule has 7 nitrogen and oxygen atoms in total. The molecule has 0 radical (unpaired) electrons. The van der Waals surface area contributed by atoms with E-state index in [1.54, 1.807) is 49.3 Å². The fourth-order valence-electron chi connectivity index (χ4n) is 4.13. The van der Waals surface area contributed by atoms with E-state index in [0.717, 1.165) is 16.5 Å². The highest BCUT2D eigenvalue weighted by molar-refractivity contribution is 6.26. The number of ether oxygens (including phenoxy) is 2. The molecule has 1 N–H and O–H groups in total. The molecule has 0 aliphatic carbocycles. The predicted octanol–water partition coefficient (Wildman–Crippen LogP) is 3.86. The number of aromatic amines is 1. The van der Waals surface area contributed by atoms with Crippen LogP contribution in [0.5, 0.6) is 0 Å². The van der Waals surface area contributed by atoms with Gasteiger partial charge in [-0.05, 0) is 61.7 Å². The van der Waals surface area contributed by atoms with Crippen LogP contribution in [0.1, 0.15) is 30.5 Å². The SMILES string of the molecule is CC(C)OC(=O)C1=C(N2CCc3ccc(F)cc3C2)O/C(=C\c2c[nH]c3ncccc23)C1=O. The molecule has 0 bridgehead atoms. The van der Waals surface area contributed by atoms with Crippen molar-refractivity contribution in [3.8, 4) is 0 Å². The van der Waals surface area contributed by atoms with Gasteiger partial charge in [-0.25, -0.2) is 14.2 Å². The van der Waals surface area contributed by atoms with Crippen molar-refractivity contribution in [3.63, 3.8) is 0 Å². The number of ketones is 1. The Balaban J connectivity index is 1.52. The third-order valence-electron chi connectivity index (χ3n) is 5.66. The van der Waals surface area contributed by atoms with Gasteiger partial charge >= 0.3 is 5.97 Å². The van der Waals surface area contributed by atoms with Crippen LogP contribution < -0.4 is 0 Å². The number of esters is 1. The van der Waals surface area contributed by atoms with Gasteiger partial charge in [-0.1, -0.05) is 6.07 Å². The van der Waals surface area contributed by atoms with Gasteiger partial charge in [0.15, 0.2) is 11.3 Å². The average Bonchev–Trinajstić information content (AvgIpc) is 3.34. The number of allylic oxidation sites excluding steroid dienone is 1. The molecule has 0 fully saturated rings. The van der Waals surface area contributed by atoms with Crippen LogP contribution in [-0.4, -0.2) is 39.3 Å². The lowest BCUT2D eigenvalue weighted by Gasteiger charge is -2.30. The number of aromatic nitrogens is 2. The molecule has 0 atom stereocenters. The molecule has 168 valence electrons. The smallest absolute Gasteiger partial charge is 0.348 e. The van der Waals surface area contributed by atoms with E-state index in [2.05, 4.69) is 9.97 Å². The van der Waals surface area contributed by atoms with Crippen molar-refractivity contribution in [2.24, 2.45) is 0 Å². The normalized spacial score (nSPS) is 17.2. The van der Waals surface area contributed by atoms with Gasteiger partial charge in [0.25, 0.3) is 0 Å². The van der Waals surface area contributed by atoms with Gasteiger partial charge in [-0.15, -0.1) is 0 Å². The first-order chi connectivity index (χ1) is 15.9. The summed E-state index contributed by atoms with van der Waals surface area (Å²) in [4.78, 5) is 35.2. The molecule has 8 heteroatoms. The molecular weight excluding hydrogens is 425 g/mol. The van der Waals surface area contributed by atoms with Crippen molar-refractivity contribution in [1.29, 1.82) is 0 Å². The summed E-state index contributed by atoms with van der Waals surface area (Å²) >= 11 is 0. The van der Waals surface area contributed by atoms with Crippen LogP contribution in [0.25, 0.3) is 17.1 Å². The highest BCUT2D eigenvalue weighted by Gasteiger charge is 2.40.